The number of aromatic nitrogens is 2. The van der Waals surface area contributed by atoms with Gasteiger partial charge in [0.25, 0.3) is 0 Å². The third-order valence-electron chi connectivity index (χ3n) is 3.15. The van der Waals surface area contributed by atoms with Gasteiger partial charge >= 0.3 is 0 Å². The molecule has 0 spiro atoms. The summed E-state index contributed by atoms with van der Waals surface area (Å²) in [6, 6.07) is 0. The first-order valence-corrected chi connectivity index (χ1v) is 7.56. The van der Waals surface area contributed by atoms with Crippen molar-refractivity contribution in [1.29, 1.82) is 0 Å². The minimum atomic E-state index is 0.296. The van der Waals surface area contributed by atoms with Crippen LogP contribution in [0.5, 0.6) is 0 Å². The molecule has 1 aromatic heterocycles. The van der Waals surface area contributed by atoms with Gasteiger partial charge in [-0.15, -0.1) is 0 Å². The first kappa shape index (κ1) is 14.2. The predicted octanol–water partition coefficient (Wildman–Crippen LogP) is 1.32. The van der Waals surface area contributed by atoms with Gasteiger partial charge in [0.2, 0.25) is 0 Å². The summed E-state index contributed by atoms with van der Waals surface area (Å²) in [4.78, 5) is 6.73. The molecule has 1 aliphatic heterocycles. The van der Waals surface area contributed by atoms with E-state index in [9.17, 15) is 0 Å². The van der Waals surface area contributed by atoms with Crippen LogP contribution >= 0.6 is 11.8 Å². The Morgan fingerprint density at radius 2 is 2.37 bits per heavy atom. The quantitative estimate of drug-likeness (QED) is 0.656. The van der Waals surface area contributed by atoms with Gasteiger partial charge < -0.3 is 10.2 Å². The topological polar surface area (TPSA) is 45.5 Å². The zero-order valence-corrected chi connectivity index (χ0v) is 13.0. The van der Waals surface area contributed by atoms with E-state index in [2.05, 4.69) is 34.2 Å². The SMILES string of the molecule is CN=C(NCc1cnn(C)c1)N1CCSC(C)(C)C1. The molecule has 0 bridgehead atoms. The monoisotopic (exact) mass is 281 g/mol. The van der Waals surface area contributed by atoms with E-state index in [0.717, 1.165) is 31.3 Å². The van der Waals surface area contributed by atoms with Crippen LogP contribution in [0.15, 0.2) is 17.4 Å². The van der Waals surface area contributed by atoms with Crippen molar-refractivity contribution < 1.29 is 0 Å². The van der Waals surface area contributed by atoms with Crippen molar-refractivity contribution in [3.8, 4) is 0 Å². The molecule has 0 aromatic carbocycles. The first-order chi connectivity index (χ1) is 9.00. The van der Waals surface area contributed by atoms with Gasteiger partial charge in [0.05, 0.1) is 6.20 Å². The molecule has 1 aromatic rings. The van der Waals surface area contributed by atoms with Gasteiger partial charge in [-0.25, -0.2) is 0 Å². The Balaban J connectivity index is 1.93. The summed E-state index contributed by atoms with van der Waals surface area (Å²) in [5, 5.41) is 7.60. The van der Waals surface area contributed by atoms with Crippen LogP contribution in [0.2, 0.25) is 0 Å². The predicted molar refractivity (Wildman–Crippen MR) is 81.5 cm³/mol. The Bertz CT molecular complexity index is 452. The normalized spacial score (nSPS) is 19.6. The maximum absolute atomic E-state index is 4.39. The molecule has 0 unspecified atom stereocenters. The summed E-state index contributed by atoms with van der Waals surface area (Å²) in [5.74, 6) is 2.14. The number of aliphatic imine (C=N–C) groups is 1. The molecule has 0 aliphatic carbocycles. The minimum absolute atomic E-state index is 0.296. The molecule has 6 heteroatoms. The fourth-order valence-electron chi connectivity index (χ4n) is 2.27. The van der Waals surface area contributed by atoms with E-state index >= 15 is 0 Å². The molecule has 106 valence electrons. The second-order valence-corrected chi connectivity index (χ2v) is 7.25. The molecular formula is C13H23N5S. The van der Waals surface area contributed by atoms with E-state index < -0.39 is 0 Å². The Labute approximate surface area is 119 Å². The fraction of sp³-hybridized carbons (Fsp3) is 0.692. The summed E-state index contributed by atoms with van der Waals surface area (Å²) < 4.78 is 2.12. The largest absolute Gasteiger partial charge is 0.352 e. The first-order valence-electron chi connectivity index (χ1n) is 6.57. The molecule has 2 heterocycles. The molecular weight excluding hydrogens is 258 g/mol. The molecule has 1 N–H and O–H groups in total. The highest BCUT2D eigenvalue weighted by molar-refractivity contribution is 8.00. The van der Waals surface area contributed by atoms with E-state index in [0.29, 0.717) is 4.75 Å². The van der Waals surface area contributed by atoms with Gasteiger partial charge in [-0.3, -0.25) is 9.67 Å². The average Bonchev–Trinajstić information content (AvgIpc) is 2.75. The van der Waals surface area contributed by atoms with Crippen molar-refractivity contribution in [2.24, 2.45) is 12.0 Å². The molecule has 19 heavy (non-hydrogen) atoms. The van der Waals surface area contributed by atoms with E-state index in [1.807, 2.05) is 42.9 Å². The fourth-order valence-corrected chi connectivity index (χ4v) is 3.39. The number of hydrogen-bond acceptors (Lipinski definition) is 3. The van der Waals surface area contributed by atoms with Crippen molar-refractivity contribution in [3.63, 3.8) is 0 Å². The van der Waals surface area contributed by atoms with Crippen LogP contribution in [-0.2, 0) is 13.6 Å². The van der Waals surface area contributed by atoms with Gasteiger partial charge in [-0.05, 0) is 13.8 Å². The van der Waals surface area contributed by atoms with E-state index in [4.69, 9.17) is 0 Å². The second-order valence-electron chi connectivity index (χ2n) is 5.45. The Kier molecular flexibility index (Phi) is 4.39. The number of nitrogens with one attached hydrogen (secondary N) is 1. The van der Waals surface area contributed by atoms with Gasteiger partial charge in [-0.1, -0.05) is 0 Å². The summed E-state index contributed by atoms with van der Waals surface area (Å²) in [6.45, 7) is 7.44. The van der Waals surface area contributed by atoms with Crippen LogP contribution in [0.1, 0.15) is 19.4 Å². The third-order valence-corrected chi connectivity index (χ3v) is 4.44. The maximum atomic E-state index is 4.39. The van der Waals surface area contributed by atoms with Crippen molar-refractivity contribution >= 4 is 17.7 Å². The zero-order valence-electron chi connectivity index (χ0n) is 12.2. The lowest BCUT2D eigenvalue weighted by Crippen LogP contribution is -2.50. The lowest BCUT2D eigenvalue weighted by molar-refractivity contribution is 0.375. The van der Waals surface area contributed by atoms with Crippen LogP contribution in [0.4, 0.5) is 0 Å². The average molecular weight is 281 g/mol. The number of rotatable bonds is 2. The number of hydrogen-bond donors (Lipinski definition) is 1. The van der Waals surface area contributed by atoms with Crippen molar-refractivity contribution in [1.82, 2.24) is 20.0 Å². The Hall–Kier alpha value is -1.17. The highest BCUT2D eigenvalue weighted by Gasteiger charge is 2.28. The number of guanidine groups is 1. The van der Waals surface area contributed by atoms with Crippen LogP contribution in [0.3, 0.4) is 0 Å². The van der Waals surface area contributed by atoms with Crippen LogP contribution in [0, 0.1) is 0 Å². The lowest BCUT2D eigenvalue weighted by atomic mass is 10.2. The highest BCUT2D eigenvalue weighted by Crippen LogP contribution is 2.29. The summed E-state index contributed by atoms with van der Waals surface area (Å²) in [7, 11) is 3.78. The highest BCUT2D eigenvalue weighted by atomic mass is 32.2. The smallest absolute Gasteiger partial charge is 0.193 e. The molecule has 0 radical (unpaired) electrons. The van der Waals surface area contributed by atoms with Crippen LogP contribution in [0.25, 0.3) is 0 Å². The van der Waals surface area contributed by atoms with Crippen molar-refractivity contribution in [2.75, 3.05) is 25.9 Å². The zero-order chi connectivity index (χ0) is 13.9. The summed E-state index contributed by atoms with van der Waals surface area (Å²) in [6.07, 6.45) is 3.91. The third kappa shape index (κ3) is 3.89. The molecule has 0 atom stereocenters. The van der Waals surface area contributed by atoms with E-state index in [1.54, 1.807) is 0 Å². The van der Waals surface area contributed by atoms with Crippen molar-refractivity contribution in [2.45, 2.75) is 25.1 Å². The minimum Gasteiger partial charge on any atom is -0.352 e. The molecule has 0 amide bonds. The van der Waals surface area contributed by atoms with Gasteiger partial charge in [-0.2, -0.15) is 16.9 Å². The summed E-state index contributed by atoms with van der Waals surface area (Å²) in [5.41, 5.74) is 1.18. The van der Waals surface area contributed by atoms with Gasteiger partial charge in [0, 0.05) is 56.0 Å². The molecule has 5 nitrogen and oxygen atoms in total. The van der Waals surface area contributed by atoms with E-state index in [-0.39, 0.29) is 0 Å². The van der Waals surface area contributed by atoms with Crippen molar-refractivity contribution in [3.05, 3.63) is 18.0 Å². The lowest BCUT2D eigenvalue weighted by Gasteiger charge is -2.39. The molecule has 0 saturated carbocycles. The number of aryl methyl sites for hydroxylation is 1. The molecule has 1 aliphatic rings. The summed E-state index contributed by atoms with van der Waals surface area (Å²) >= 11 is 2.03. The number of nitrogens with zero attached hydrogens (tertiary/aromatic N) is 4. The van der Waals surface area contributed by atoms with E-state index in [1.165, 1.54) is 5.56 Å². The molecule has 2 rings (SSSR count). The second kappa shape index (κ2) is 5.86. The number of thioether (sulfide) groups is 1. The molecule has 1 fully saturated rings. The van der Waals surface area contributed by atoms with Gasteiger partial charge in [0.15, 0.2) is 5.96 Å². The Morgan fingerprint density at radius 3 is 2.95 bits per heavy atom. The van der Waals surface area contributed by atoms with Gasteiger partial charge in [0.1, 0.15) is 0 Å². The standard InChI is InChI=1S/C13H23N5S/c1-13(2)10-18(5-6-19-13)12(14-3)15-7-11-8-16-17(4)9-11/h8-9H,5-7,10H2,1-4H3,(H,14,15). The Morgan fingerprint density at radius 1 is 1.58 bits per heavy atom. The maximum Gasteiger partial charge on any atom is 0.193 e. The molecule has 1 saturated heterocycles. The van der Waals surface area contributed by atoms with Crippen LogP contribution < -0.4 is 5.32 Å². The van der Waals surface area contributed by atoms with Crippen LogP contribution in [-0.4, -0.2) is 51.3 Å².